The van der Waals surface area contributed by atoms with Crippen molar-refractivity contribution in [2.45, 2.75) is 12.2 Å². The van der Waals surface area contributed by atoms with E-state index in [4.69, 9.17) is 0 Å². The normalized spacial score (nSPS) is 17.0. The summed E-state index contributed by atoms with van der Waals surface area (Å²) < 4.78 is 4.78. The van der Waals surface area contributed by atoms with Crippen molar-refractivity contribution in [3.05, 3.63) is 157 Å². The summed E-state index contributed by atoms with van der Waals surface area (Å²) in [6, 6.07) is 46.2. The number of aromatic nitrogens is 2. The molecular weight excluding hydrogens is 512 g/mol. The molecular formula is C38H28N4. The molecule has 0 fully saturated rings. The predicted molar refractivity (Wildman–Crippen MR) is 174 cm³/mol. The van der Waals surface area contributed by atoms with Crippen LogP contribution in [-0.2, 0) is 0 Å². The van der Waals surface area contributed by atoms with Gasteiger partial charge in [-0.05, 0) is 76.6 Å². The van der Waals surface area contributed by atoms with Crippen molar-refractivity contribution in [1.29, 1.82) is 0 Å². The van der Waals surface area contributed by atoms with E-state index in [1.807, 2.05) is 0 Å². The van der Waals surface area contributed by atoms with E-state index >= 15 is 0 Å². The number of para-hydroxylation sites is 1. The van der Waals surface area contributed by atoms with Gasteiger partial charge in [0.1, 0.15) is 6.17 Å². The van der Waals surface area contributed by atoms with Crippen molar-refractivity contribution in [2.24, 2.45) is 0 Å². The quantitative estimate of drug-likeness (QED) is 0.219. The van der Waals surface area contributed by atoms with Crippen LogP contribution in [0.4, 0.5) is 0 Å². The Morgan fingerprint density at radius 1 is 0.571 bits per heavy atom. The van der Waals surface area contributed by atoms with Crippen molar-refractivity contribution in [2.75, 3.05) is 0 Å². The summed E-state index contributed by atoms with van der Waals surface area (Å²) in [5.74, 6) is 0. The highest BCUT2D eigenvalue weighted by Crippen LogP contribution is 2.43. The maximum Gasteiger partial charge on any atom is 0.104 e. The molecule has 0 radical (unpaired) electrons. The lowest BCUT2D eigenvalue weighted by Gasteiger charge is -2.29. The zero-order valence-electron chi connectivity index (χ0n) is 22.9. The lowest BCUT2D eigenvalue weighted by Crippen LogP contribution is -2.37. The Morgan fingerprint density at radius 2 is 1.33 bits per heavy atom. The van der Waals surface area contributed by atoms with Gasteiger partial charge in [-0.25, -0.2) is 0 Å². The zero-order chi connectivity index (χ0) is 27.6. The highest BCUT2D eigenvalue weighted by Gasteiger charge is 2.23. The molecule has 0 bridgehead atoms. The molecule has 2 N–H and O–H groups in total. The molecule has 9 rings (SSSR count). The number of fused-ring (bicyclic) bond motifs is 2. The summed E-state index contributed by atoms with van der Waals surface area (Å²) in [4.78, 5) is 0. The molecule has 42 heavy (non-hydrogen) atoms. The average molecular weight is 541 g/mol. The summed E-state index contributed by atoms with van der Waals surface area (Å²) in [7, 11) is 0. The second kappa shape index (κ2) is 9.10. The molecule has 200 valence electrons. The van der Waals surface area contributed by atoms with Gasteiger partial charge in [0.15, 0.2) is 0 Å². The van der Waals surface area contributed by atoms with Crippen LogP contribution in [-0.4, -0.2) is 9.13 Å². The standard InChI is InChI=1S/C38H28N4/c1-3-9-25(10-4-1)32-19-21-39-38(40-32)28-12-7-15-30(23-28)42-33-16-8-11-26-17-18-27-24-34-31(37(42)36(27)35(26)33)20-22-41(34)29-13-5-2-6-14-29/h1-24,32,38-40H. The van der Waals surface area contributed by atoms with E-state index in [0.29, 0.717) is 0 Å². The molecule has 8 aromatic rings. The van der Waals surface area contributed by atoms with Crippen molar-refractivity contribution in [3.63, 3.8) is 0 Å². The Bertz CT molecular complexity index is 2260. The molecule has 6 aromatic carbocycles. The molecule has 2 aromatic heterocycles. The first-order valence-electron chi connectivity index (χ1n) is 14.5. The van der Waals surface area contributed by atoms with E-state index in [2.05, 4.69) is 166 Å². The van der Waals surface area contributed by atoms with Gasteiger partial charge in [-0.15, -0.1) is 0 Å². The number of hydrogen-bond acceptors (Lipinski definition) is 2. The van der Waals surface area contributed by atoms with E-state index in [1.54, 1.807) is 0 Å². The minimum atomic E-state index is -0.00379. The van der Waals surface area contributed by atoms with Gasteiger partial charge in [-0.2, -0.15) is 0 Å². The number of nitrogens with one attached hydrogen (secondary N) is 2. The van der Waals surface area contributed by atoms with Gasteiger partial charge in [0, 0.05) is 33.7 Å². The van der Waals surface area contributed by atoms with Crippen LogP contribution in [0.1, 0.15) is 23.3 Å². The smallest absolute Gasteiger partial charge is 0.104 e. The van der Waals surface area contributed by atoms with E-state index in [0.717, 1.165) is 5.69 Å². The van der Waals surface area contributed by atoms with E-state index in [-0.39, 0.29) is 12.2 Å². The predicted octanol–water partition coefficient (Wildman–Crippen LogP) is 8.77. The molecule has 0 saturated carbocycles. The molecule has 0 saturated heterocycles. The Balaban J connectivity index is 1.26. The Morgan fingerprint density at radius 3 is 2.21 bits per heavy atom. The summed E-state index contributed by atoms with van der Waals surface area (Å²) in [6.07, 6.45) is 6.46. The molecule has 2 unspecified atom stereocenters. The Kier molecular flexibility index (Phi) is 5.07. The summed E-state index contributed by atoms with van der Waals surface area (Å²) >= 11 is 0. The first-order chi connectivity index (χ1) is 20.8. The summed E-state index contributed by atoms with van der Waals surface area (Å²) in [5.41, 5.74) is 8.49. The van der Waals surface area contributed by atoms with Crippen LogP contribution in [0.2, 0.25) is 0 Å². The Labute approximate surface area is 243 Å². The van der Waals surface area contributed by atoms with Gasteiger partial charge in [-0.3, -0.25) is 5.32 Å². The first-order valence-corrected chi connectivity index (χ1v) is 14.5. The molecule has 0 aliphatic carbocycles. The average Bonchev–Trinajstić information content (AvgIpc) is 3.65. The van der Waals surface area contributed by atoms with Crippen molar-refractivity contribution < 1.29 is 0 Å². The van der Waals surface area contributed by atoms with E-state index in [9.17, 15) is 0 Å². The molecule has 0 amide bonds. The maximum atomic E-state index is 3.79. The van der Waals surface area contributed by atoms with Crippen LogP contribution in [0.5, 0.6) is 0 Å². The fraction of sp³-hybridized carbons (Fsp3) is 0.0526. The zero-order valence-corrected chi connectivity index (χ0v) is 22.9. The summed E-state index contributed by atoms with van der Waals surface area (Å²) in [5, 5.41) is 13.8. The van der Waals surface area contributed by atoms with Gasteiger partial charge in [0.05, 0.1) is 22.6 Å². The monoisotopic (exact) mass is 540 g/mol. The van der Waals surface area contributed by atoms with Crippen LogP contribution in [0, 0.1) is 0 Å². The van der Waals surface area contributed by atoms with Gasteiger partial charge >= 0.3 is 0 Å². The van der Waals surface area contributed by atoms with Crippen LogP contribution in [0.25, 0.3) is 54.9 Å². The van der Waals surface area contributed by atoms with Crippen LogP contribution in [0.3, 0.4) is 0 Å². The van der Waals surface area contributed by atoms with Crippen LogP contribution in [0.15, 0.2) is 146 Å². The third-order valence-corrected chi connectivity index (χ3v) is 8.78. The minimum Gasteiger partial charge on any atom is -0.372 e. The molecule has 4 nitrogen and oxygen atoms in total. The fourth-order valence-corrected chi connectivity index (χ4v) is 6.88. The molecule has 2 atom stereocenters. The number of rotatable bonds is 4. The van der Waals surface area contributed by atoms with Crippen LogP contribution < -0.4 is 10.6 Å². The number of hydrogen-bond donors (Lipinski definition) is 2. The molecule has 4 heteroatoms. The lowest BCUT2D eigenvalue weighted by molar-refractivity contribution is 0.433. The molecule has 0 spiro atoms. The van der Waals surface area contributed by atoms with E-state index < -0.39 is 0 Å². The van der Waals surface area contributed by atoms with Crippen molar-refractivity contribution in [1.82, 2.24) is 19.8 Å². The van der Waals surface area contributed by atoms with Crippen LogP contribution >= 0.6 is 0 Å². The van der Waals surface area contributed by atoms with Gasteiger partial charge < -0.3 is 14.5 Å². The van der Waals surface area contributed by atoms with Crippen molar-refractivity contribution in [3.8, 4) is 11.4 Å². The number of nitrogens with zero attached hydrogens (tertiary/aromatic N) is 2. The molecule has 1 aliphatic rings. The third-order valence-electron chi connectivity index (χ3n) is 8.78. The van der Waals surface area contributed by atoms with Gasteiger partial charge in [0.2, 0.25) is 0 Å². The van der Waals surface area contributed by atoms with Gasteiger partial charge in [0.25, 0.3) is 0 Å². The van der Waals surface area contributed by atoms with E-state index in [1.165, 1.54) is 60.3 Å². The van der Waals surface area contributed by atoms with Crippen molar-refractivity contribution >= 4 is 43.5 Å². The lowest BCUT2D eigenvalue weighted by atomic mass is 10.0. The highest BCUT2D eigenvalue weighted by molar-refractivity contribution is 6.29. The maximum absolute atomic E-state index is 3.79. The van der Waals surface area contributed by atoms with Gasteiger partial charge in [-0.1, -0.05) is 84.9 Å². The third kappa shape index (κ3) is 3.46. The largest absolute Gasteiger partial charge is 0.372 e. The number of benzene rings is 6. The molecule has 1 aliphatic heterocycles. The highest BCUT2D eigenvalue weighted by atomic mass is 15.1. The SMILES string of the molecule is C1=CC(c2ccccc2)NC(c2cccc(-n3c4cccc5ccc6cc7c(ccn7-c7ccccc7)c3c6c54)c2)N1. The molecule has 3 heterocycles. The Hall–Kier alpha value is -5.32. The first kappa shape index (κ1) is 23.4. The summed E-state index contributed by atoms with van der Waals surface area (Å²) in [6.45, 7) is 0. The second-order valence-electron chi connectivity index (χ2n) is 11.2. The second-order valence-corrected chi connectivity index (χ2v) is 11.2. The topological polar surface area (TPSA) is 33.9 Å². The fourth-order valence-electron chi connectivity index (χ4n) is 6.88. The minimum absolute atomic E-state index is 0.00379.